The standard InChI is InChI=1S/C25H25N5O2/c1-29(2)11-6-12-30-14-17(21-18(26)8-5-10-20(21)30)23-22(24(31)28-25(23)32)16-13-27-19-9-4-3-7-15(16)19/h3-5,7-10,13-14,27H,6,11-12,26H2,1-2H3,(H,28,31,32). The molecule has 0 unspecified atom stereocenters. The number of nitrogens with two attached hydrogens (primary N) is 1. The topological polar surface area (TPSA) is 96.1 Å². The molecule has 5 rings (SSSR count). The molecule has 0 atom stereocenters. The zero-order chi connectivity index (χ0) is 22.4. The van der Waals surface area contributed by atoms with Crippen molar-refractivity contribution in [3.63, 3.8) is 0 Å². The van der Waals surface area contributed by atoms with Gasteiger partial charge in [-0.05, 0) is 45.3 Å². The molecule has 0 spiro atoms. The molecule has 3 heterocycles. The van der Waals surface area contributed by atoms with Crippen LogP contribution in [0.25, 0.3) is 33.0 Å². The Kier molecular flexibility index (Phi) is 4.83. The number of aromatic nitrogens is 2. The first kappa shape index (κ1) is 20.1. The minimum Gasteiger partial charge on any atom is -0.398 e. The van der Waals surface area contributed by atoms with Gasteiger partial charge in [-0.25, -0.2) is 0 Å². The molecule has 4 aromatic rings. The Balaban J connectivity index is 1.74. The maximum absolute atomic E-state index is 13.0. The van der Waals surface area contributed by atoms with Crippen molar-refractivity contribution >= 4 is 50.5 Å². The molecule has 7 heteroatoms. The average Bonchev–Trinajstić information content (AvgIpc) is 3.41. The van der Waals surface area contributed by atoms with Gasteiger partial charge in [0.1, 0.15) is 0 Å². The molecule has 1 aliphatic heterocycles. The fraction of sp³-hybridized carbons (Fsp3) is 0.200. The number of fused-ring (bicyclic) bond motifs is 2. The summed E-state index contributed by atoms with van der Waals surface area (Å²) in [5, 5.41) is 4.19. The third kappa shape index (κ3) is 3.18. The summed E-state index contributed by atoms with van der Waals surface area (Å²) in [6.45, 7) is 1.73. The molecule has 0 bridgehead atoms. The zero-order valence-corrected chi connectivity index (χ0v) is 18.1. The minimum absolute atomic E-state index is 0.369. The van der Waals surface area contributed by atoms with Crippen LogP contribution in [-0.4, -0.2) is 46.9 Å². The van der Waals surface area contributed by atoms with E-state index in [4.69, 9.17) is 5.73 Å². The number of rotatable bonds is 6. The Labute approximate surface area is 185 Å². The van der Waals surface area contributed by atoms with Gasteiger partial charge in [-0.2, -0.15) is 0 Å². The van der Waals surface area contributed by atoms with Crippen molar-refractivity contribution in [2.75, 3.05) is 26.4 Å². The lowest BCUT2D eigenvalue weighted by Gasteiger charge is -2.10. The van der Waals surface area contributed by atoms with Crippen LogP contribution in [0.1, 0.15) is 17.5 Å². The van der Waals surface area contributed by atoms with Crippen LogP contribution in [0, 0.1) is 0 Å². The summed E-state index contributed by atoms with van der Waals surface area (Å²) in [6.07, 6.45) is 4.70. The maximum atomic E-state index is 13.0. The lowest BCUT2D eigenvalue weighted by Crippen LogP contribution is -2.22. The van der Waals surface area contributed by atoms with E-state index in [0.717, 1.165) is 41.3 Å². The van der Waals surface area contributed by atoms with E-state index < -0.39 is 11.8 Å². The molecule has 0 saturated carbocycles. The summed E-state index contributed by atoms with van der Waals surface area (Å²) in [5.41, 5.74) is 11.0. The maximum Gasteiger partial charge on any atom is 0.259 e. The second kappa shape index (κ2) is 7.69. The number of amides is 2. The van der Waals surface area contributed by atoms with Crippen molar-refractivity contribution in [3.05, 3.63) is 66.0 Å². The van der Waals surface area contributed by atoms with Crippen molar-refractivity contribution in [2.45, 2.75) is 13.0 Å². The van der Waals surface area contributed by atoms with Crippen molar-refractivity contribution in [1.82, 2.24) is 19.8 Å². The first-order valence-corrected chi connectivity index (χ1v) is 10.6. The monoisotopic (exact) mass is 427 g/mol. The largest absolute Gasteiger partial charge is 0.398 e. The number of imide groups is 1. The van der Waals surface area contributed by atoms with Gasteiger partial charge in [0, 0.05) is 52.0 Å². The lowest BCUT2D eigenvalue weighted by molar-refractivity contribution is -0.122. The van der Waals surface area contributed by atoms with Crippen LogP contribution >= 0.6 is 0 Å². The number of carbonyl (C=O) groups excluding carboxylic acids is 2. The van der Waals surface area contributed by atoms with Gasteiger partial charge in [-0.3, -0.25) is 14.9 Å². The molecule has 7 nitrogen and oxygen atoms in total. The average molecular weight is 428 g/mol. The lowest BCUT2D eigenvalue weighted by atomic mass is 9.95. The highest BCUT2D eigenvalue weighted by Crippen LogP contribution is 2.39. The highest BCUT2D eigenvalue weighted by molar-refractivity contribution is 6.51. The first-order chi connectivity index (χ1) is 15.5. The number of nitrogens with zero attached hydrogens (tertiary/aromatic N) is 2. The van der Waals surface area contributed by atoms with E-state index in [2.05, 4.69) is 19.8 Å². The van der Waals surface area contributed by atoms with Crippen LogP contribution in [0.3, 0.4) is 0 Å². The van der Waals surface area contributed by atoms with Gasteiger partial charge in [0.05, 0.1) is 16.7 Å². The van der Waals surface area contributed by atoms with E-state index in [9.17, 15) is 9.59 Å². The summed E-state index contributed by atoms with van der Waals surface area (Å²) >= 11 is 0. The minimum atomic E-state index is -0.397. The summed E-state index contributed by atoms with van der Waals surface area (Å²) < 4.78 is 2.13. The van der Waals surface area contributed by atoms with E-state index in [1.165, 1.54) is 0 Å². The van der Waals surface area contributed by atoms with Crippen LogP contribution in [0.4, 0.5) is 5.69 Å². The van der Waals surface area contributed by atoms with E-state index in [-0.39, 0.29) is 0 Å². The van der Waals surface area contributed by atoms with Crippen LogP contribution < -0.4 is 11.1 Å². The Morgan fingerprint density at radius 2 is 1.72 bits per heavy atom. The molecule has 0 radical (unpaired) electrons. The fourth-order valence-corrected chi connectivity index (χ4v) is 4.56. The summed E-state index contributed by atoms with van der Waals surface area (Å²) in [4.78, 5) is 31.3. The summed E-state index contributed by atoms with van der Waals surface area (Å²) in [7, 11) is 4.09. The van der Waals surface area contributed by atoms with E-state index in [1.54, 1.807) is 6.20 Å². The number of hydrogen-bond acceptors (Lipinski definition) is 4. The van der Waals surface area contributed by atoms with E-state index in [1.807, 2.05) is 62.8 Å². The fourth-order valence-electron chi connectivity index (χ4n) is 4.56. The van der Waals surface area contributed by atoms with Crippen LogP contribution in [0.5, 0.6) is 0 Å². The number of benzene rings is 2. The van der Waals surface area contributed by atoms with E-state index >= 15 is 0 Å². The first-order valence-electron chi connectivity index (χ1n) is 10.6. The van der Waals surface area contributed by atoms with Gasteiger partial charge < -0.3 is 20.2 Å². The summed E-state index contributed by atoms with van der Waals surface area (Å²) in [6, 6.07) is 13.5. The van der Waals surface area contributed by atoms with Gasteiger partial charge in [0.2, 0.25) is 0 Å². The number of nitrogens with one attached hydrogen (secondary N) is 2. The molecule has 32 heavy (non-hydrogen) atoms. The molecule has 0 fully saturated rings. The number of carbonyl (C=O) groups is 2. The third-order valence-electron chi connectivity index (χ3n) is 6.00. The number of para-hydroxylation sites is 1. The molecule has 2 aromatic heterocycles. The van der Waals surface area contributed by atoms with Crippen molar-refractivity contribution in [2.24, 2.45) is 0 Å². The number of hydrogen-bond donors (Lipinski definition) is 3. The number of aryl methyl sites for hydroxylation is 1. The SMILES string of the molecule is CN(C)CCCn1cc(C2=C(c3c[nH]c4ccccc34)C(=O)NC2=O)c2c(N)cccc21. The number of H-pyrrole nitrogens is 1. The smallest absolute Gasteiger partial charge is 0.259 e. The predicted molar refractivity (Wildman–Crippen MR) is 128 cm³/mol. The van der Waals surface area contributed by atoms with Crippen molar-refractivity contribution < 1.29 is 9.59 Å². The second-order valence-corrected chi connectivity index (χ2v) is 8.42. The third-order valence-corrected chi connectivity index (χ3v) is 6.00. The Morgan fingerprint density at radius 1 is 0.969 bits per heavy atom. The molecule has 0 aliphatic carbocycles. The molecule has 162 valence electrons. The summed E-state index contributed by atoms with van der Waals surface area (Å²) in [5.74, 6) is -0.788. The molecule has 0 saturated heterocycles. The van der Waals surface area contributed by atoms with Crippen LogP contribution in [-0.2, 0) is 16.1 Å². The van der Waals surface area contributed by atoms with Crippen LogP contribution in [0.2, 0.25) is 0 Å². The number of nitrogen functional groups attached to an aromatic ring is 1. The van der Waals surface area contributed by atoms with Crippen molar-refractivity contribution in [1.29, 1.82) is 0 Å². The Morgan fingerprint density at radius 3 is 2.50 bits per heavy atom. The van der Waals surface area contributed by atoms with Gasteiger partial charge >= 0.3 is 0 Å². The zero-order valence-electron chi connectivity index (χ0n) is 18.1. The quantitative estimate of drug-likeness (QED) is 0.325. The van der Waals surface area contributed by atoms with E-state index in [0.29, 0.717) is 28.0 Å². The van der Waals surface area contributed by atoms with Gasteiger partial charge in [0.25, 0.3) is 11.8 Å². The highest BCUT2D eigenvalue weighted by atomic mass is 16.2. The molecule has 1 aliphatic rings. The van der Waals surface area contributed by atoms with Gasteiger partial charge in [0.15, 0.2) is 0 Å². The molecule has 2 amide bonds. The Hall–Kier alpha value is -3.84. The normalized spacial score (nSPS) is 14.3. The second-order valence-electron chi connectivity index (χ2n) is 8.42. The molecular formula is C25H25N5O2. The van der Waals surface area contributed by atoms with Crippen LogP contribution in [0.15, 0.2) is 54.9 Å². The number of anilines is 1. The highest BCUT2D eigenvalue weighted by Gasteiger charge is 2.35. The number of aromatic amines is 1. The Bertz CT molecular complexity index is 1410. The molecule has 4 N–H and O–H groups in total. The molecular weight excluding hydrogens is 402 g/mol. The van der Waals surface area contributed by atoms with Gasteiger partial charge in [-0.1, -0.05) is 24.3 Å². The predicted octanol–water partition coefficient (Wildman–Crippen LogP) is 3.22. The molecule has 2 aromatic carbocycles. The van der Waals surface area contributed by atoms with Gasteiger partial charge in [-0.15, -0.1) is 0 Å². The van der Waals surface area contributed by atoms with Crippen molar-refractivity contribution in [3.8, 4) is 0 Å².